The molecule has 2 heterocycles. The smallest absolute Gasteiger partial charge is 0.243 e. The Kier molecular flexibility index (Phi) is 3.31. The Morgan fingerprint density at radius 1 is 1.62 bits per heavy atom. The molecule has 0 bridgehead atoms. The molecule has 0 saturated carbocycles. The number of thiazole rings is 1. The number of nitrogens with one attached hydrogen (secondary N) is 2. The first-order chi connectivity index (χ1) is 7.66. The van der Waals surface area contributed by atoms with E-state index in [2.05, 4.69) is 15.6 Å². The lowest BCUT2D eigenvalue weighted by atomic mass is 10.2. The summed E-state index contributed by atoms with van der Waals surface area (Å²) in [5.41, 5.74) is 0.402. The summed E-state index contributed by atoms with van der Waals surface area (Å²) in [7, 11) is 0. The largest absolute Gasteiger partial charge is 0.306 e. The second-order valence-corrected chi connectivity index (χ2v) is 4.59. The summed E-state index contributed by atoms with van der Waals surface area (Å²) >= 11 is 1.27. The number of Topliss-reactive ketones (excluding diaryl/α,β-unsaturated/α-hetero) is 1. The van der Waals surface area contributed by atoms with Gasteiger partial charge in [-0.2, -0.15) is 0 Å². The van der Waals surface area contributed by atoms with E-state index in [1.807, 2.05) is 0 Å². The molecule has 1 amide bonds. The summed E-state index contributed by atoms with van der Waals surface area (Å²) in [5, 5.41) is 7.96. The van der Waals surface area contributed by atoms with Crippen LogP contribution < -0.4 is 10.6 Å². The third-order valence-corrected chi connectivity index (χ3v) is 3.23. The molecule has 1 aromatic heterocycles. The fourth-order valence-electron chi connectivity index (χ4n) is 1.59. The van der Waals surface area contributed by atoms with Crippen LogP contribution in [0.3, 0.4) is 0 Å². The molecule has 2 N–H and O–H groups in total. The van der Waals surface area contributed by atoms with Crippen LogP contribution in [0.15, 0.2) is 5.38 Å². The van der Waals surface area contributed by atoms with Gasteiger partial charge >= 0.3 is 0 Å². The van der Waals surface area contributed by atoms with Gasteiger partial charge in [-0.3, -0.25) is 9.59 Å². The van der Waals surface area contributed by atoms with Gasteiger partial charge in [0.2, 0.25) is 5.91 Å². The first-order valence-corrected chi connectivity index (χ1v) is 6.05. The Morgan fingerprint density at radius 2 is 2.44 bits per heavy atom. The molecular weight excluding hydrogens is 226 g/mol. The Balaban J connectivity index is 1.97. The second-order valence-electron chi connectivity index (χ2n) is 3.73. The minimum absolute atomic E-state index is 0.0676. The maximum Gasteiger partial charge on any atom is 0.243 e. The maximum absolute atomic E-state index is 11.7. The summed E-state index contributed by atoms with van der Waals surface area (Å²) in [6.07, 6.45) is 1.88. The van der Waals surface area contributed by atoms with Gasteiger partial charge in [0.15, 0.2) is 10.9 Å². The van der Waals surface area contributed by atoms with Crippen LogP contribution in [0.5, 0.6) is 0 Å². The zero-order chi connectivity index (χ0) is 11.5. The molecule has 5 nitrogen and oxygen atoms in total. The highest BCUT2D eigenvalue weighted by atomic mass is 32.1. The van der Waals surface area contributed by atoms with Gasteiger partial charge in [-0.25, -0.2) is 4.98 Å². The van der Waals surface area contributed by atoms with E-state index in [9.17, 15) is 9.59 Å². The first kappa shape index (κ1) is 11.2. The van der Waals surface area contributed by atoms with Crippen molar-refractivity contribution in [2.24, 2.45) is 0 Å². The normalized spacial score (nSPS) is 19.7. The van der Waals surface area contributed by atoms with Gasteiger partial charge in [-0.05, 0) is 19.4 Å². The van der Waals surface area contributed by atoms with Crippen molar-refractivity contribution in [3.05, 3.63) is 11.1 Å². The molecule has 6 heteroatoms. The Hall–Kier alpha value is -1.27. The van der Waals surface area contributed by atoms with E-state index in [-0.39, 0.29) is 17.7 Å². The van der Waals surface area contributed by atoms with E-state index in [1.54, 1.807) is 5.38 Å². The number of nitrogens with zero attached hydrogens (tertiary/aromatic N) is 1. The fraction of sp³-hybridized carbons (Fsp3) is 0.500. The summed E-state index contributed by atoms with van der Waals surface area (Å²) < 4.78 is 0. The molecule has 1 aromatic rings. The summed E-state index contributed by atoms with van der Waals surface area (Å²) in [6.45, 7) is 2.34. The molecule has 0 spiro atoms. The molecule has 0 aromatic carbocycles. The van der Waals surface area contributed by atoms with Crippen molar-refractivity contribution in [3.8, 4) is 0 Å². The molecular formula is C10H13N3O2S. The van der Waals surface area contributed by atoms with Gasteiger partial charge in [0.25, 0.3) is 0 Å². The van der Waals surface area contributed by atoms with Crippen molar-refractivity contribution in [2.75, 3.05) is 11.9 Å². The van der Waals surface area contributed by atoms with E-state index >= 15 is 0 Å². The predicted octanol–water partition coefficient (Wildman–Crippen LogP) is 1.04. The summed E-state index contributed by atoms with van der Waals surface area (Å²) in [5.74, 6) is -0.155. The van der Waals surface area contributed by atoms with Gasteiger partial charge in [-0.1, -0.05) is 0 Å². The average Bonchev–Trinajstić information content (AvgIpc) is 2.87. The molecule has 0 radical (unpaired) electrons. The van der Waals surface area contributed by atoms with E-state index in [0.29, 0.717) is 10.8 Å². The third kappa shape index (κ3) is 2.45. The zero-order valence-corrected chi connectivity index (χ0v) is 9.76. The molecule has 0 aliphatic carbocycles. The summed E-state index contributed by atoms with van der Waals surface area (Å²) in [4.78, 5) is 26.8. The minimum Gasteiger partial charge on any atom is -0.306 e. The molecule has 16 heavy (non-hydrogen) atoms. The van der Waals surface area contributed by atoms with Gasteiger partial charge in [-0.15, -0.1) is 11.3 Å². The average molecular weight is 239 g/mol. The molecule has 1 atom stereocenters. The van der Waals surface area contributed by atoms with E-state index in [0.717, 1.165) is 19.4 Å². The Labute approximate surface area is 97.3 Å². The van der Waals surface area contributed by atoms with Crippen LogP contribution in [0.25, 0.3) is 0 Å². The number of anilines is 1. The van der Waals surface area contributed by atoms with Crippen LogP contribution >= 0.6 is 11.3 Å². The van der Waals surface area contributed by atoms with Crippen molar-refractivity contribution in [1.29, 1.82) is 0 Å². The number of carbonyl (C=O) groups excluding carboxylic acids is 2. The number of ketones is 1. The lowest BCUT2D eigenvalue weighted by molar-refractivity contribution is -0.117. The van der Waals surface area contributed by atoms with Crippen molar-refractivity contribution < 1.29 is 9.59 Å². The standard InChI is InChI=1S/C10H13N3O2S/c1-6(14)8-5-16-10(12-8)13-9(15)7-3-2-4-11-7/h5,7,11H,2-4H2,1H3,(H,12,13,15)/t7-/m0/s1. The number of hydrogen-bond donors (Lipinski definition) is 2. The van der Waals surface area contributed by atoms with Crippen LogP contribution in [0.2, 0.25) is 0 Å². The van der Waals surface area contributed by atoms with Crippen LogP contribution in [-0.4, -0.2) is 29.3 Å². The molecule has 1 fully saturated rings. The predicted molar refractivity (Wildman–Crippen MR) is 61.8 cm³/mol. The van der Waals surface area contributed by atoms with Crippen LogP contribution in [0, 0.1) is 0 Å². The number of hydrogen-bond acceptors (Lipinski definition) is 5. The monoisotopic (exact) mass is 239 g/mol. The van der Waals surface area contributed by atoms with Gasteiger partial charge in [0.05, 0.1) is 6.04 Å². The molecule has 1 saturated heterocycles. The van der Waals surface area contributed by atoms with E-state index in [4.69, 9.17) is 0 Å². The highest BCUT2D eigenvalue weighted by Gasteiger charge is 2.22. The zero-order valence-electron chi connectivity index (χ0n) is 8.95. The van der Waals surface area contributed by atoms with Crippen molar-refractivity contribution in [2.45, 2.75) is 25.8 Å². The molecule has 0 unspecified atom stereocenters. The topological polar surface area (TPSA) is 71.1 Å². The SMILES string of the molecule is CC(=O)c1csc(NC(=O)[C@@H]2CCCN2)n1. The van der Waals surface area contributed by atoms with Crippen LogP contribution in [-0.2, 0) is 4.79 Å². The molecule has 1 aliphatic heterocycles. The fourth-order valence-corrected chi connectivity index (χ4v) is 2.35. The van der Waals surface area contributed by atoms with Gasteiger partial charge in [0.1, 0.15) is 5.69 Å². The molecule has 2 rings (SSSR count). The second kappa shape index (κ2) is 4.71. The maximum atomic E-state index is 11.7. The number of rotatable bonds is 3. The number of aromatic nitrogens is 1. The quantitative estimate of drug-likeness (QED) is 0.773. The van der Waals surface area contributed by atoms with E-state index < -0.39 is 0 Å². The number of amides is 1. The Morgan fingerprint density at radius 3 is 3.00 bits per heavy atom. The van der Waals surface area contributed by atoms with Crippen molar-refractivity contribution in [3.63, 3.8) is 0 Å². The van der Waals surface area contributed by atoms with Crippen molar-refractivity contribution >= 4 is 28.2 Å². The molecule has 1 aliphatic rings. The first-order valence-electron chi connectivity index (χ1n) is 5.17. The van der Waals surface area contributed by atoms with Gasteiger partial charge < -0.3 is 10.6 Å². The van der Waals surface area contributed by atoms with Crippen molar-refractivity contribution in [1.82, 2.24) is 10.3 Å². The highest BCUT2D eigenvalue weighted by Crippen LogP contribution is 2.17. The highest BCUT2D eigenvalue weighted by molar-refractivity contribution is 7.14. The van der Waals surface area contributed by atoms with E-state index in [1.165, 1.54) is 18.3 Å². The minimum atomic E-state index is -0.121. The lowest BCUT2D eigenvalue weighted by Gasteiger charge is -2.08. The number of carbonyl (C=O) groups is 2. The van der Waals surface area contributed by atoms with Gasteiger partial charge in [0, 0.05) is 12.3 Å². The Bertz CT molecular complexity index is 410. The van der Waals surface area contributed by atoms with Crippen LogP contribution in [0.4, 0.5) is 5.13 Å². The lowest BCUT2D eigenvalue weighted by Crippen LogP contribution is -2.35. The van der Waals surface area contributed by atoms with Crippen LogP contribution in [0.1, 0.15) is 30.3 Å². The third-order valence-electron chi connectivity index (χ3n) is 2.47. The summed E-state index contributed by atoms with van der Waals surface area (Å²) in [6, 6.07) is -0.121. The molecule has 86 valence electrons.